The Morgan fingerprint density at radius 1 is 1.33 bits per heavy atom. The normalized spacial score (nSPS) is 10.7. The smallest absolute Gasteiger partial charge is 0.192 e. The number of aliphatic imine (C=N–C) groups is 1. The zero-order valence-electron chi connectivity index (χ0n) is 11.7. The largest absolute Gasteiger partial charge is 0.380 e. The molecule has 0 aliphatic carbocycles. The van der Waals surface area contributed by atoms with Crippen molar-refractivity contribution in [1.29, 1.82) is 0 Å². The monoisotopic (exact) mass is 367 g/mol. The second-order valence-electron chi connectivity index (χ2n) is 4.11. The van der Waals surface area contributed by atoms with Crippen LogP contribution in [0.3, 0.4) is 0 Å². The van der Waals surface area contributed by atoms with Crippen molar-refractivity contribution in [3.05, 3.63) is 0 Å². The van der Waals surface area contributed by atoms with E-state index in [2.05, 4.69) is 35.4 Å². The third-order valence-corrected chi connectivity index (χ3v) is 2.05. The van der Waals surface area contributed by atoms with E-state index < -0.39 is 0 Å². The highest BCUT2D eigenvalue weighted by molar-refractivity contribution is 14.0. The highest BCUT2D eigenvalue weighted by Gasteiger charge is 1.95. The third-order valence-electron chi connectivity index (χ3n) is 2.05. The molecule has 0 fully saturated rings. The molecule has 0 aliphatic heterocycles. The molecule has 0 heterocycles. The van der Waals surface area contributed by atoms with Gasteiger partial charge in [-0.05, 0) is 19.3 Å². The molecule has 106 valence electrons. The maximum Gasteiger partial charge on any atom is 0.192 e. The number of terminal acetylenes is 1. The number of rotatable bonds is 8. The first-order valence-electron chi connectivity index (χ1n) is 6.24. The Kier molecular flexibility index (Phi) is 16.1. The Morgan fingerprint density at radius 2 is 2.06 bits per heavy atom. The lowest BCUT2D eigenvalue weighted by atomic mass is 10.1. The fourth-order valence-corrected chi connectivity index (χ4v) is 1.12. The summed E-state index contributed by atoms with van der Waals surface area (Å²) < 4.78 is 5.47. The highest BCUT2D eigenvalue weighted by atomic mass is 127. The average Bonchev–Trinajstić information content (AvgIpc) is 2.29. The Labute approximate surface area is 128 Å². The second-order valence-corrected chi connectivity index (χ2v) is 4.11. The molecule has 0 spiro atoms. The Morgan fingerprint density at radius 3 is 2.61 bits per heavy atom. The van der Waals surface area contributed by atoms with E-state index in [0.717, 1.165) is 25.5 Å². The lowest BCUT2D eigenvalue weighted by molar-refractivity contribution is 0.130. The van der Waals surface area contributed by atoms with Gasteiger partial charge < -0.3 is 15.4 Å². The van der Waals surface area contributed by atoms with Gasteiger partial charge in [0.25, 0.3) is 0 Å². The molecule has 0 aliphatic rings. The first-order valence-corrected chi connectivity index (χ1v) is 6.24. The van der Waals surface area contributed by atoms with Crippen molar-refractivity contribution < 1.29 is 4.74 Å². The van der Waals surface area contributed by atoms with Gasteiger partial charge in [0.15, 0.2) is 5.96 Å². The molecule has 0 rings (SSSR count). The Balaban J connectivity index is 0. The lowest BCUT2D eigenvalue weighted by Crippen LogP contribution is -2.37. The number of hydrogen-bond donors (Lipinski definition) is 2. The summed E-state index contributed by atoms with van der Waals surface area (Å²) in [5.41, 5.74) is 0. The van der Waals surface area contributed by atoms with Crippen molar-refractivity contribution in [2.45, 2.75) is 27.2 Å². The molecule has 0 aromatic heterocycles. The molecule has 4 nitrogen and oxygen atoms in total. The van der Waals surface area contributed by atoms with Crippen LogP contribution in [0.5, 0.6) is 0 Å². The van der Waals surface area contributed by atoms with Gasteiger partial charge in [-0.25, -0.2) is 0 Å². The molecule has 2 N–H and O–H groups in total. The predicted molar refractivity (Wildman–Crippen MR) is 88.5 cm³/mol. The number of halogens is 1. The number of hydrogen-bond acceptors (Lipinski definition) is 2. The van der Waals surface area contributed by atoms with Gasteiger partial charge in [0, 0.05) is 13.2 Å². The fourth-order valence-electron chi connectivity index (χ4n) is 1.12. The van der Waals surface area contributed by atoms with Gasteiger partial charge in [-0.1, -0.05) is 19.8 Å². The molecule has 0 amide bonds. The van der Waals surface area contributed by atoms with Gasteiger partial charge in [0.1, 0.15) is 0 Å². The van der Waals surface area contributed by atoms with E-state index in [0.29, 0.717) is 25.6 Å². The van der Waals surface area contributed by atoms with Crippen LogP contribution in [-0.2, 0) is 4.74 Å². The number of ether oxygens (including phenoxy) is 1. The second kappa shape index (κ2) is 14.6. The van der Waals surface area contributed by atoms with Crippen molar-refractivity contribution in [2.75, 3.05) is 32.8 Å². The zero-order valence-corrected chi connectivity index (χ0v) is 14.0. The van der Waals surface area contributed by atoms with Crippen molar-refractivity contribution in [3.8, 4) is 12.3 Å². The average molecular weight is 367 g/mol. The summed E-state index contributed by atoms with van der Waals surface area (Å²) in [5, 5.41) is 6.14. The molecule has 0 atom stereocenters. The lowest BCUT2D eigenvalue weighted by Gasteiger charge is -2.09. The highest BCUT2D eigenvalue weighted by Crippen LogP contribution is 1.98. The van der Waals surface area contributed by atoms with Crippen LogP contribution < -0.4 is 10.6 Å². The summed E-state index contributed by atoms with van der Waals surface area (Å²) in [7, 11) is 0. The molecule has 5 heteroatoms. The quantitative estimate of drug-likeness (QED) is 0.226. The van der Waals surface area contributed by atoms with E-state index in [4.69, 9.17) is 11.2 Å². The number of nitrogens with one attached hydrogen (secondary N) is 2. The molecule has 0 unspecified atom stereocenters. The minimum atomic E-state index is 0. The molecular weight excluding hydrogens is 341 g/mol. The summed E-state index contributed by atoms with van der Waals surface area (Å²) in [6.07, 6.45) is 6.27. The first kappa shape index (κ1) is 19.9. The molecule has 0 bridgehead atoms. The van der Waals surface area contributed by atoms with Gasteiger partial charge in [0.05, 0.1) is 19.7 Å². The molecule has 0 radical (unpaired) electrons. The van der Waals surface area contributed by atoms with Gasteiger partial charge in [-0.2, -0.15) is 0 Å². The van der Waals surface area contributed by atoms with Crippen molar-refractivity contribution >= 4 is 29.9 Å². The van der Waals surface area contributed by atoms with Crippen molar-refractivity contribution in [1.82, 2.24) is 10.6 Å². The summed E-state index contributed by atoms with van der Waals surface area (Å²) in [5.74, 6) is 3.95. The van der Waals surface area contributed by atoms with Crippen LogP contribution in [0, 0.1) is 18.3 Å². The van der Waals surface area contributed by atoms with Gasteiger partial charge in [-0.3, -0.25) is 4.99 Å². The topological polar surface area (TPSA) is 45.7 Å². The first-order chi connectivity index (χ1) is 8.20. The van der Waals surface area contributed by atoms with E-state index in [1.807, 2.05) is 6.92 Å². The van der Waals surface area contributed by atoms with E-state index in [1.165, 1.54) is 0 Å². The standard InChI is InChI=1S/C13H25N3O.HI/c1-5-8-15-13(14-6-2)16-9-11-17-10-7-12(3)4;/h1,12H,6-11H2,2-4H3,(H2,14,15,16);1H. The van der Waals surface area contributed by atoms with Crippen LogP contribution in [0.4, 0.5) is 0 Å². The summed E-state index contributed by atoms with van der Waals surface area (Å²) in [6.45, 7) is 9.82. The van der Waals surface area contributed by atoms with Crippen LogP contribution >= 0.6 is 24.0 Å². The molecule has 0 aromatic carbocycles. The molecular formula is C13H26IN3O. The van der Waals surface area contributed by atoms with Crippen LogP contribution in [0.15, 0.2) is 4.99 Å². The van der Waals surface area contributed by atoms with E-state index in [-0.39, 0.29) is 24.0 Å². The van der Waals surface area contributed by atoms with E-state index >= 15 is 0 Å². The van der Waals surface area contributed by atoms with Crippen LogP contribution in [0.2, 0.25) is 0 Å². The van der Waals surface area contributed by atoms with Crippen LogP contribution in [-0.4, -0.2) is 38.8 Å². The molecule has 18 heavy (non-hydrogen) atoms. The summed E-state index contributed by atoms with van der Waals surface area (Å²) >= 11 is 0. The molecule has 0 saturated carbocycles. The van der Waals surface area contributed by atoms with Gasteiger partial charge in [0.2, 0.25) is 0 Å². The van der Waals surface area contributed by atoms with Crippen molar-refractivity contribution in [2.24, 2.45) is 10.9 Å². The summed E-state index contributed by atoms with van der Waals surface area (Å²) in [4.78, 5) is 4.34. The number of guanidine groups is 1. The van der Waals surface area contributed by atoms with Gasteiger partial charge >= 0.3 is 0 Å². The molecule has 0 aromatic rings. The van der Waals surface area contributed by atoms with E-state index in [9.17, 15) is 0 Å². The molecule has 0 saturated heterocycles. The minimum absolute atomic E-state index is 0. The maximum atomic E-state index is 5.47. The fraction of sp³-hybridized carbons (Fsp3) is 0.769. The van der Waals surface area contributed by atoms with E-state index in [1.54, 1.807) is 0 Å². The predicted octanol–water partition coefficient (Wildman–Crippen LogP) is 1.86. The minimum Gasteiger partial charge on any atom is -0.380 e. The van der Waals surface area contributed by atoms with Gasteiger partial charge in [-0.15, -0.1) is 30.4 Å². The maximum absolute atomic E-state index is 5.47. The Bertz CT molecular complexity index is 249. The van der Waals surface area contributed by atoms with Crippen molar-refractivity contribution in [3.63, 3.8) is 0 Å². The van der Waals surface area contributed by atoms with Crippen LogP contribution in [0.25, 0.3) is 0 Å². The third kappa shape index (κ3) is 13.6. The van der Waals surface area contributed by atoms with Crippen LogP contribution in [0.1, 0.15) is 27.2 Å². The summed E-state index contributed by atoms with van der Waals surface area (Å²) in [6, 6.07) is 0. The Hall–Kier alpha value is -0.480. The number of nitrogens with zero attached hydrogens (tertiary/aromatic N) is 1. The zero-order chi connectivity index (χ0) is 12.9. The SMILES string of the molecule is C#CCNC(=NCCOCCC(C)C)NCC.I.